The van der Waals surface area contributed by atoms with Gasteiger partial charge >= 0.3 is 0 Å². The zero-order valence-electron chi connectivity index (χ0n) is 7.21. The van der Waals surface area contributed by atoms with Gasteiger partial charge in [0.15, 0.2) is 0 Å². The van der Waals surface area contributed by atoms with Gasteiger partial charge in [-0.25, -0.2) is 0 Å². The molecule has 0 fully saturated rings. The Kier molecular flexibility index (Phi) is 3.44. The Labute approximate surface area is 77.5 Å². The van der Waals surface area contributed by atoms with Gasteiger partial charge in [0.2, 0.25) is 0 Å². The summed E-state index contributed by atoms with van der Waals surface area (Å²) in [7, 11) is 0. The van der Waals surface area contributed by atoms with Crippen LogP contribution in [0.1, 0.15) is 18.9 Å². The van der Waals surface area contributed by atoms with Crippen LogP contribution in [0.4, 0.5) is 5.69 Å². The molecule has 0 aliphatic rings. The van der Waals surface area contributed by atoms with Gasteiger partial charge in [-0.1, -0.05) is 25.5 Å². The summed E-state index contributed by atoms with van der Waals surface area (Å²) in [4.78, 5) is 1.03. The third-order valence-electron chi connectivity index (χ3n) is 1.76. The molecule has 0 aliphatic carbocycles. The van der Waals surface area contributed by atoms with Crippen LogP contribution in [0, 0.1) is 0 Å². The molecule has 1 aromatic carbocycles. The molecule has 0 spiro atoms. The molecule has 0 amide bonds. The third-order valence-corrected chi connectivity index (χ3v) is 2.50. The minimum atomic E-state index is 0.786. The second kappa shape index (κ2) is 4.38. The molecule has 0 aromatic heterocycles. The van der Waals surface area contributed by atoms with E-state index in [1.807, 2.05) is 12.1 Å². The molecule has 1 aromatic rings. The summed E-state index contributed by atoms with van der Waals surface area (Å²) in [5.74, 6) is 0. The SMILES string of the molecule is CCCc1cccc(N)c1SN. The van der Waals surface area contributed by atoms with Gasteiger partial charge in [0.25, 0.3) is 0 Å². The van der Waals surface area contributed by atoms with Gasteiger partial charge < -0.3 is 5.73 Å². The lowest BCUT2D eigenvalue weighted by Gasteiger charge is -2.07. The highest BCUT2D eigenvalue weighted by Crippen LogP contribution is 2.25. The van der Waals surface area contributed by atoms with Crippen LogP contribution in [0.3, 0.4) is 0 Å². The first-order valence-corrected chi connectivity index (χ1v) is 4.91. The van der Waals surface area contributed by atoms with Crippen molar-refractivity contribution >= 4 is 17.6 Å². The van der Waals surface area contributed by atoms with Crippen LogP contribution in [-0.2, 0) is 6.42 Å². The number of anilines is 1. The zero-order chi connectivity index (χ0) is 8.97. The maximum atomic E-state index is 5.76. The molecule has 0 saturated heterocycles. The molecule has 4 N–H and O–H groups in total. The summed E-state index contributed by atoms with van der Waals surface area (Å²) >= 11 is 1.24. The van der Waals surface area contributed by atoms with Crippen LogP contribution in [0.5, 0.6) is 0 Å². The van der Waals surface area contributed by atoms with Crippen molar-refractivity contribution in [1.82, 2.24) is 0 Å². The van der Waals surface area contributed by atoms with Crippen molar-refractivity contribution in [2.45, 2.75) is 24.7 Å². The summed E-state index contributed by atoms with van der Waals surface area (Å²) in [6.45, 7) is 2.15. The number of rotatable bonds is 3. The molecule has 0 aliphatic heterocycles. The van der Waals surface area contributed by atoms with Crippen molar-refractivity contribution in [2.75, 3.05) is 5.73 Å². The highest BCUT2D eigenvalue weighted by molar-refractivity contribution is 7.97. The summed E-state index contributed by atoms with van der Waals surface area (Å²) in [5, 5.41) is 5.52. The normalized spacial score (nSPS) is 10.2. The first kappa shape index (κ1) is 9.42. The Morgan fingerprint density at radius 1 is 1.42 bits per heavy atom. The summed E-state index contributed by atoms with van der Waals surface area (Å²) in [6.07, 6.45) is 2.17. The molecular formula is C9H14N2S. The first-order chi connectivity index (χ1) is 5.79. The van der Waals surface area contributed by atoms with Crippen LogP contribution >= 0.6 is 11.9 Å². The topological polar surface area (TPSA) is 52.0 Å². The monoisotopic (exact) mass is 182 g/mol. The maximum Gasteiger partial charge on any atom is 0.0487 e. The van der Waals surface area contributed by atoms with E-state index in [-0.39, 0.29) is 0 Å². The molecule has 0 bridgehead atoms. The molecule has 0 unspecified atom stereocenters. The Morgan fingerprint density at radius 2 is 2.17 bits per heavy atom. The van der Waals surface area contributed by atoms with E-state index in [9.17, 15) is 0 Å². The van der Waals surface area contributed by atoms with Crippen molar-refractivity contribution in [3.63, 3.8) is 0 Å². The molecular weight excluding hydrogens is 168 g/mol. The lowest BCUT2D eigenvalue weighted by Crippen LogP contribution is -1.96. The second-order valence-electron chi connectivity index (χ2n) is 2.70. The smallest absolute Gasteiger partial charge is 0.0487 e. The van der Waals surface area contributed by atoms with Crippen molar-refractivity contribution in [1.29, 1.82) is 0 Å². The fourth-order valence-corrected chi connectivity index (χ4v) is 1.74. The van der Waals surface area contributed by atoms with Gasteiger partial charge in [-0.15, -0.1) is 0 Å². The molecule has 66 valence electrons. The van der Waals surface area contributed by atoms with Gasteiger partial charge in [-0.3, -0.25) is 5.14 Å². The van der Waals surface area contributed by atoms with Crippen molar-refractivity contribution in [3.8, 4) is 0 Å². The van der Waals surface area contributed by atoms with Gasteiger partial charge in [0.05, 0.1) is 0 Å². The average Bonchev–Trinajstić information content (AvgIpc) is 2.05. The number of benzene rings is 1. The number of nitrogens with two attached hydrogens (primary N) is 2. The molecule has 2 nitrogen and oxygen atoms in total. The fraction of sp³-hybridized carbons (Fsp3) is 0.333. The summed E-state index contributed by atoms with van der Waals surface area (Å²) < 4.78 is 0. The lowest BCUT2D eigenvalue weighted by atomic mass is 10.1. The third kappa shape index (κ3) is 1.93. The Hall–Kier alpha value is -0.670. The number of nitrogen functional groups attached to an aromatic ring is 1. The Bertz CT molecular complexity index is 261. The predicted molar refractivity (Wildman–Crippen MR) is 54.9 cm³/mol. The van der Waals surface area contributed by atoms with Crippen LogP contribution in [0.2, 0.25) is 0 Å². The van der Waals surface area contributed by atoms with E-state index < -0.39 is 0 Å². The van der Waals surface area contributed by atoms with Crippen molar-refractivity contribution in [2.24, 2.45) is 5.14 Å². The van der Waals surface area contributed by atoms with E-state index in [4.69, 9.17) is 10.9 Å². The molecule has 1 rings (SSSR count). The van der Waals surface area contributed by atoms with Crippen LogP contribution < -0.4 is 10.9 Å². The highest BCUT2D eigenvalue weighted by Gasteiger charge is 2.03. The van der Waals surface area contributed by atoms with Gasteiger partial charge in [-0.05, 0) is 30.0 Å². The van der Waals surface area contributed by atoms with Gasteiger partial charge in [-0.2, -0.15) is 0 Å². The minimum absolute atomic E-state index is 0.786. The van der Waals surface area contributed by atoms with Crippen molar-refractivity contribution < 1.29 is 0 Å². The van der Waals surface area contributed by atoms with E-state index >= 15 is 0 Å². The molecule has 0 atom stereocenters. The molecule has 3 heteroatoms. The largest absolute Gasteiger partial charge is 0.398 e. The Morgan fingerprint density at radius 3 is 2.75 bits per heavy atom. The average molecular weight is 182 g/mol. The molecule has 0 radical (unpaired) electrons. The molecule has 12 heavy (non-hydrogen) atoms. The van der Waals surface area contributed by atoms with Gasteiger partial charge in [0.1, 0.15) is 0 Å². The second-order valence-corrected chi connectivity index (χ2v) is 3.35. The quantitative estimate of drug-likeness (QED) is 0.556. The number of hydrogen-bond acceptors (Lipinski definition) is 3. The number of aryl methyl sites for hydroxylation is 1. The lowest BCUT2D eigenvalue weighted by molar-refractivity contribution is 0.902. The standard InChI is InChI=1S/C9H14N2S/c1-2-4-7-5-3-6-8(10)9(7)12-11/h3,5-6H,2,4,10-11H2,1H3. The van der Waals surface area contributed by atoms with E-state index in [0.717, 1.165) is 23.4 Å². The first-order valence-electron chi connectivity index (χ1n) is 4.03. The van der Waals surface area contributed by atoms with E-state index in [1.165, 1.54) is 17.5 Å². The van der Waals surface area contributed by atoms with Crippen LogP contribution in [0.25, 0.3) is 0 Å². The molecule has 0 saturated carbocycles. The van der Waals surface area contributed by atoms with E-state index in [2.05, 4.69) is 13.0 Å². The van der Waals surface area contributed by atoms with E-state index in [1.54, 1.807) is 0 Å². The minimum Gasteiger partial charge on any atom is -0.398 e. The summed E-state index contributed by atoms with van der Waals surface area (Å²) in [6, 6.07) is 5.93. The zero-order valence-corrected chi connectivity index (χ0v) is 8.03. The highest BCUT2D eigenvalue weighted by atomic mass is 32.2. The predicted octanol–water partition coefficient (Wildman–Crippen LogP) is 2.19. The molecule has 0 heterocycles. The van der Waals surface area contributed by atoms with Gasteiger partial charge in [0, 0.05) is 10.6 Å². The van der Waals surface area contributed by atoms with Crippen LogP contribution in [0.15, 0.2) is 23.1 Å². The number of hydrogen-bond donors (Lipinski definition) is 2. The summed E-state index contributed by atoms with van der Waals surface area (Å²) in [5.41, 5.74) is 7.80. The maximum absolute atomic E-state index is 5.76. The van der Waals surface area contributed by atoms with Crippen molar-refractivity contribution in [3.05, 3.63) is 23.8 Å². The Balaban J connectivity index is 3.00. The van der Waals surface area contributed by atoms with Crippen LogP contribution in [-0.4, -0.2) is 0 Å². The fourth-order valence-electron chi connectivity index (χ4n) is 1.21. The van der Waals surface area contributed by atoms with E-state index in [0.29, 0.717) is 0 Å².